The molecule has 2 saturated carbocycles. The third kappa shape index (κ3) is 3.34. The van der Waals surface area contributed by atoms with Crippen molar-refractivity contribution in [3.8, 4) is 0 Å². The van der Waals surface area contributed by atoms with E-state index in [0.717, 1.165) is 18.3 Å². The fraction of sp³-hybridized carbons (Fsp3) is 0.867. The molecule has 4 aliphatic carbocycles. The van der Waals surface area contributed by atoms with Crippen molar-refractivity contribution < 1.29 is 5.11 Å². The van der Waals surface area contributed by atoms with Crippen molar-refractivity contribution >= 4 is 0 Å². The van der Waals surface area contributed by atoms with E-state index in [1.165, 1.54) is 63.4 Å². The summed E-state index contributed by atoms with van der Waals surface area (Å²) in [7, 11) is 0. The zero-order chi connectivity index (χ0) is 22.8. The van der Waals surface area contributed by atoms with E-state index in [4.69, 9.17) is 0 Å². The standard InChI is InChI=1S/C30H50O/c1-20(2)10-9-11-21(3)22-14-18-30(8)24-12-13-25-27(4,5)26(31)16-17-28(25,6)23(24)15-19-29(22,30)7/h10,21-22,25-26,31H,9,11-19H2,1-8H3/t21?,22-,25?,26-,28?,29-,30+/m0/s1. The van der Waals surface area contributed by atoms with Crippen LogP contribution in [0.15, 0.2) is 22.8 Å². The van der Waals surface area contributed by atoms with Gasteiger partial charge in [0.2, 0.25) is 0 Å². The summed E-state index contributed by atoms with van der Waals surface area (Å²) in [5.74, 6) is 2.32. The van der Waals surface area contributed by atoms with Crippen LogP contribution in [0, 0.1) is 39.4 Å². The highest BCUT2D eigenvalue weighted by atomic mass is 16.3. The maximum atomic E-state index is 10.8. The molecule has 0 aliphatic heterocycles. The zero-order valence-corrected chi connectivity index (χ0v) is 21.9. The molecule has 4 aliphatic rings. The van der Waals surface area contributed by atoms with Gasteiger partial charge in [0.05, 0.1) is 6.10 Å². The molecular weight excluding hydrogens is 376 g/mol. The number of aliphatic hydroxyl groups excluding tert-OH is 1. The molecule has 0 spiro atoms. The Balaban J connectivity index is 1.65. The molecule has 1 N–H and O–H groups in total. The van der Waals surface area contributed by atoms with Gasteiger partial charge in [-0.25, -0.2) is 0 Å². The third-order valence-corrected chi connectivity index (χ3v) is 11.7. The molecule has 3 unspecified atom stereocenters. The van der Waals surface area contributed by atoms with Gasteiger partial charge < -0.3 is 5.11 Å². The topological polar surface area (TPSA) is 20.2 Å². The molecule has 31 heavy (non-hydrogen) atoms. The van der Waals surface area contributed by atoms with Gasteiger partial charge in [0.25, 0.3) is 0 Å². The van der Waals surface area contributed by atoms with E-state index in [1.807, 2.05) is 11.1 Å². The average molecular weight is 427 g/mol. The van der Waals surface area contributed by atoms with E-state index in [0.29, 0.717) is 22.2 Å². The molecule has 7 atom stereocenters. The largest absolute Gasteiger partial charge is 0.393 e. The predicted octanol–water partition coefficient (Wildman–Crippen LogP) is 8.48. The van der Waals surface area contributed by atoms with Crippen LogP contribution in [0.25, 0.3) is 0 Å². The second-order valence-electron chi connectivity index (χ2n) is 13.6. The number of allylic oxidation sites excluding steroid dienone is 4. The molecule has 0 bridgehead atoms. The minimum absolute atomic E-state index is 0.0465. The molecule has 0 saturated heterocycles. The maximum absolute atomic E-state index is 10.8. The second kappa shape index (κ2) is 7.75. The number of aliphatic hydroxyl groups is 1. The molecule has 0 heterocycles. The smallest absolute Gasteiger partial charge is 0.0594 e. The molecule has 0 radical (unpaired) electrons. The predicted molar refractivity (Wildman–Crippen MR) is 133 cm³/mol. The summed E-state index contributed by atoms with van der Waals surface area (Å²) in [5.41, 5.74) is 6.41. The van der Waals surface area contributed by atoms with Crippen molar-refractivity contribution in [2.24, 2.45) is 39.4 Å². The molecule has 0 aromatic rings. The first-order valence-corrected chi connectivity index (χ1v) is 13.4. The van der Waals surface area contributed by atoms with Crippen LogP contribution >= 0.6 is 0 Å². The number of rotatable bonds is 4. The Labute approximate surface area is 193 Å². The van der Waals surface area contributed by atoms with E-state index >= 15 is 0 Å². The lowest BCUT2D eigenvalue weighted by molar-refractivity contribution is -0.0962. The molecule has 176 valence electrons. The van der Waals surface area contributed by atoms with E-state index in [9.17, 15) is 5.11 Å². The van der Waals surface area contributed by atoms with Crippen LogP contribution < -0.4 is 0 Å². The Morgan fingerprint density at radius 3 is 2.35 bits per heavy atom. The normalized spacial score (nSPS) is 44.9. The second-order valence-corrected chi connectivity index (χ2v) is 13.6. The number of fused-ring (bicyclic) bond motifs is 4. The maximum Gasteiger partial charge on any atom is 0.0594 e. The Morgan fingerprint density at radius 1 is 0.968 bits per heavy atom. The first-order chi connectivity index (χ1) is 14.4. The quantitative estimate of drug-likeness (QED) is 0.447. The van der Waals surface area contributed by atoms with Gasteiger partial charge in [-0.2, -0.15) is 0 Å². The van der Waals surface area contributed by atoms with Crippen molar-refractivity contribution in [3.63, 3.8) is 0 Å². The van der Waals surface area contributed by atoms with E-state index in [1.54, 1.807) is 0 Å². The fourth-order valence-electron chi connectivity index (χ4n) is 9.47. The molecule has 0 aromatic heterocycles. The first-order valence-electron chi connectivity index (χ1n) is 13.4. The van der Waals surface area contributed by atoms with Crippen molar-refractivity contribution in [2.75, 3.05) is 0 Å². The van der Waals surface area contributed by atoms with Gasteiger partial charge in [0.1, 0.15) is 0 Å². The molecule has 1 nitrogen and oxygen atoms in total. The Kier molecular flexibility index (Phi) is 5.90. The lowest BCUT2D eigenvalue weighted by Crippen LogP contribution is -2.55. The number of hydrogen-bond donors (Lipinski definition) is 1. The highest BCUT2D eigenvalue weighted by Gasteiger charge is 2.63. The van der Waals surface area contributed by atoms with Crippen LogP contribution in [0.5, 0.6) is 0 Å². The van der Waals surface area contributed by atoms with Gasteiger partial charge in [0, 0.05) is 0 Å². The molecule has 1 heteroatoms. The van der Waals surface area contributed by atoms with Crippen LogP contribution in [0.4, 0.5) is 0 Å². The van der Waals surface area contributed by atoms with Crippen LogP contribution in [0.1, 0.15) is 120 Å². The third-order valence-electron chi connectivity index (χ3n) is 11.7. The highest BCUT2D eigenvalue weighted by molar-refractivity contribution is 5.38. The number of hydrogen-bond acceptors (Lipinski definition) is 1. The molecule has 4 rings (SSSR count). The summed E-state index contributed by atoms with van der Waals surface area (Å²) in [6.07, 6.45) is 15.2. The monoisotopic (exact) mass is 426 g/mol. The lowest BCUT2D eigenvalue weighted by atomic mass is 9.43. The van der Waals surface area contributed by atoms with Crippen molar-refractivity contribution in [2.45, 2.75) is 126 Å². The Morgan fingerprint density at radius 2 is 1.68 bits per heavy atom. The van der Waals surface area contributed by atoms with E-state index in [-0.39, 0.29) is 11.5 Å². The van der Waals surface area contributed by atoms with Gasteiger partial charge in [-0.1, -0.05) is 64.3 Å². The summed E-state index contributed by atoms with van der Waals surface area (Å²) in [5, 5.41) is 10.8. The van der Waals surface area contributed by atoms with Crippen molar-refractivity contribution in [1.29, 1.82) is 0 Å². The fourth-order valence-corrected chi connectivity index (χ4v) is 9.47. The molecule has 0 amide bonds. The highest BCUT2D eigenvalue weighted by Crippen LogP contribution is 2.72. The summed E-state index contributed by atoms with van der Waals surface area (Å²) in [6.45, 7) is 19.6. The molecule has 0 aromatic carbocycles. The summed E-state index contributed by atoms with van der Waals surface area (Å²) in [6, 6.07) is 0. The Bertz CT molecular complexity index is 767. The van der Waals surface area contributed by atoms with Gasteiger partial charge in [-0.3, -0.25) is 0 Å². The van der Waals surface area contributed by atoms with Gasteiger partial charge >= 0.3 is 0 Å². The summed E-state index contributed by atoms with van der Waals surface area (Å²) in [4.78, 5) is 0. The first kappa shape index (κ1) is 23.6. The van der Waals surface area contributed by atoms with E-state index < -0.39 is 0 Å². The zero-order valence-electron chi connectivity index (χ0n) is 21.9. The van der Waals surface area contributed by atoms with Crippen LogP contribution in [-0.4, -0.2) is 11.2 Å². The summed E-state index contributed by atoms with van der Waals surface area (Å²) < 4.78 is 0. The van der Waals surface area contributed by atoms with Gasteiger partial charge in [-0.15, -0.1) is 0 Å². The van der Waals surface area contributed by atoms with Crippen molar-refractivity contribution in [1.82, 2.24) is 0 Å². The average Bonchev–Trinajstić information content (AvgIpc) is 2.96. The molecule has 2 fully saturated rings. The van der Waals surface area contributed by atoms with Crippen LogP contribution in [0.2, 0.25) is 0 Å². The van der Waals surface area contributed by atoms with Gasteiger partial charge in [-0.05, 0) is 117 Å². The Hall–Kier alpha value is -0.560. The van der Waals surface area contributed by atoms with E-state index in [2.05, 4.69) is 61.5 Å². The van der Waals surface area contributed by atoms with Gasteiger partial charge in [0.15, 0.2) is 0 Å². The van der Waals surface area contributed by atoms with Crippen LogP contribution in [-0.2, 0) is 0 Å². The minimum atomic E-state index is -0.130. The van der Waals surface area contributed by atoms with Crippen molar-refractivity contribution in [3.05, 3.63) is 22.8 Å². The summed E-state index contributed by atoms with van der Waals surface area (Å²) >= 11 is 0. The van der Waals surface area contributed by atoms with Crippen LogP contribution in [0.3, 0.4) is 0 Å². The SMILES string of the molecule is CC(C)=CCCC(C)[C@@H]1CC[C@]2(C)C3=C(CC[C@@]12C)C1(C)CC[C@H](O)C(C)(C)C1CC3. The minimum Gasteiger partial charge on any atom is -0.393 e. The molecular formula is C30H50O. The lowest BCUT2D eigenvalue weighted by Gasteiger charge is -2.62.